The molecule has 0 saturated heterocycles. The normalized spacial score (nSPS) is 12.9. The molecule has 0 aliphatic carbocycles. The highest BCUT2D eigenvalue weighted by Crippen LogP contribution is 2.33. The van der Waals surface area contributed by atoms with Gasteiger partial charge in [-0.15, -0.1) is 0 Å². The lowest BCUT2D eigenvalue weighted by Crippen LogP contribution is -2.52. The van der Waals surface area contributed by atoms with Crippen LogP contribution in [0, 0.1) is 5.82 Å². The van der Waals surface area contributed by atoms with Crippen LogP contribution < -0.4 is 14.8 Å². The molecule has 0 fully saturated rings. The molecule has 0 saturated carbocycles. The van der Waals surface area contributed by atoms with Gasteiger partial charge in [0.05, 0.1) is 0 Å². The fraction of sp³-hybridized carbons (Fsp3) is 0.310. The van der Waals surface area contributed by atoms with Crippen LogP contribution in [0.15, 0.2) is 72.8 Å². The molecule has 1 atom stereocenters. The maximum absolute atomic E-state index is 14.6. The molecule has 1 N–H and O–H groups in total. The highest BCUT2D eigenvalue weighted by Gasteiger charge is 2.31. The molecule has 0 unspecified atom stereocenters. The topological polar surface area (TPSA) is 67.9 Å². The number of rotatable bonds is 10. The summed E-state index contributed by atoms with van der Waals surface area (Å²) in [5.74, 6) is 0.437. The van der Waals surface area contributed by atoms with Crippen LogP contribution in [0.1, 0.15) is 37.0 Å². The van der Waals surface area contributed by atoms with Crippen molar-refractivity contribution in [2.45, 2.75) is 51.7 Å². The summed E-state index contributed by atoms with van der Waals surface area (Å²) in [6.45, 7) is 3.93. The van der Waals surface area contributed by atoms with E-state index in [0.717, 1.165) is 11.1 Å². The Morgan fingerprint density at radius 3 is 2.42 bits per heavy atom. The predicted octanol–water partition coefficient (Wildman–Crippen LogP) is 4.65. The Morgan fingerprint density at radius 2 is 1.67 bits per heavy atom. The number of hydrogen-bond acceptors (Lipinski definition) is 4. The van der Waals surface area contributed by atoms with Crippen molar-refractivity contribution in [1.82, 2.24) is 10.2 Å². The average molecular weight is 491 g/mol. The molecule has 3 aromatic rings. The third kappa shape index (κ3) is 6.42. The molecule has 36 heavy (non-hydrogen) atoms. The molecule has 1 aliphatic heterocycles. The van der Waals surface area contributed by atoms with Crippen molar-refractivity contribution in [3.8, 4) is 11.5 Å². The minimum Gasteiger partial charge on any atom is -0.454 e. The highest BCUT2D eigenvalue weighted by molar-refractivity contribution is 5.88. The van der Waals surface area contributed by atoms with Gasteiger partial charge < -0.3 is 19.7 Å². The van der Waals surface area contributed by atoms with Crippen molar-refractivity contribution < 1.29 is 23.5 Å². The second-order valence-electron chi connectivity index (χ2n) is 9.17. The molecule has 3 aromatic carbocycles. The van der Waals surface area contributed by atoms with E-state index in [2.05, 4.69) is 5.32 Å². The Bertz CT molecular complexity index is 1200. The number of halogens is 1. The molecule has 0 radical (unpaired) electrons. The number of aryl methyl sites for hydroxylation is 1. The van der Waals surface area contributed by atoms with Crippen molar-refractivity contribution in [3.05, 3.63) is 95.3 Å². The Hall–Kier alpha value is -3.87. The van der Waals surface area contributed by atoms with E-state index in [1.165, 1.54) is 11.0 Å². The van der Waals surface area contributed by atoms with Crippen LogP contribution in [0.3, 0.4) is 0 Å². The Labute approximate surface area is 211 Å². The van der Waals surface area contributed by atoms with Crippen LogP contribution in [-0.4, -0.2) is 35.6 Å². The van der Waals surface area contributed by atoms with E-state index >= 15 is 0 Å². The van der Waals surface area contributed by atoms with Gasteiger partial charge in [0.2, 0.25) is 18.6 Å². The number of carbonyl (C=O) groups excluding carboxylic acids is 2. The van der Waals surface area contributed by atoms with E-state index in [4.69, 9.17) is 9.47 Å². The minimum atomic E-state index is -0.793. The maximum Gasteiger partial charge on any atom is 0.243 e. The minimum absolute atomic E-state index is 0.00430. The number of nitrogens with zero attached hydrogens (tertiary/aromatic N) is 1. The number of amides is 2. The van der Waals surface area contributed by atoms with Crippen molar-refractivity contribution >= 4 is 11.8 Å². The van der Waals surface area contributed by atoms with Gasteiger partial charge in [-0.2, -0.15) is 0 Å². The van der Waals surface area contributed by atoms with Gasteiger partial charge in [-0.3, -0.25) is 9.59 Å². The first-order chi connectivity index (χ1) is 17.4. The van der Waals surface area contributed by atoms with E-state index in [-0.39, 0.29) is 37.6 Å². The number of ether oxygens (including phenoxy) is 2. The monoisotopic (exact) mass is 490 g/mol. The zero-order chi connectivity index (χ0) is 25.5. The van der Waals surface area contributed by atoms with Gasteiger partial charge in [0.15, 0.2) is 11.5 Å². The number of hydrogen-bond donors (Lipinski definition) is 1. The molecule has 6 nitrogen and oxygen atoms in total. The number of carbonyl (C=O) groups is 2. The Kier molecular flexibility index (Phi) is 8.21. The quantitative estimate of drug-likeness (QED) is 0.449. The molecule has 1 aliphatic rings. The molecular formula is C29H31FN2O4. The summed E-state index contributed by atoms with van der Waals surface area (Å²) in [6.07, 6.45) is 0.936. The first-order valence-corrected chi connectivity index (χ1v) is 12.2. The fourth-order valence-electron chi connectivity index (χ4n) is 4.24. The SMILES string of the molecule is CC(C)NC(=O)[C@H](Cc1ccccc1)N(Cc1ccccc1F)C(=O)CCc1ccc2c(c1)OCO2. The van der Waals surface area contributed by atoms with E-state index in [1.807, 2.05) is 62.4 Å². The number of benzene rings is 3. The Balaban J connectivity index is 1.60. The first-order valence-electron chi connectivity index (χ1n) is 12.2. The van der Waals surface area contributed by atoms with Crippen molar-refractivity contribution in [1.29, 1.82) is 0 Å². The predicted molar refractivity (Wildman–Crippen MR) is 135 cm³/mol. The highest BCUT2D eigenvalue weighted by atomic mass is 19.1. The summed E-state index contributed by atoms with van der Waals surface area (Å²) >= 11 is 0. The van der Waals surface area contributed by atoms with Gasteiger partial charge >= 0.3 is 0 Å². The van der Waals surface area contributed by atoms with E-state index in [0.29, 0.717) is 29.9 Å². The van der Waals surface area contributed by atoms with Crippen molar-refractivity contribution in [2.75, 3.05) is 6.79 Å². The molecule has 188 valence electrons. The van der Waals surface area contributed by atoms with Gasteiger partial charge in [-0.1, -0.05) is 54.6 Å². The zero-order valence-electron chi connectivity index (χ0n) is 20.6. The number of fused-ring (bicyclic) bond motifs is 1. The van der Waals surface area contributed by atoms with Gasteiger partial charge in [0, 0.05) is 31.0 Å². The molecule has 4 rings (SSSR count). The maximum atomic E-state index is 14.6. The molecular weight excluding hydrogens is 459 g/mol. The third-order valence-electron chi connectivity index (χ3n) is 6.07. The second-order valence-corrected chi connectivity index (χ2v) is 9.17. The van der Waals surface area contributed by atoms with Crippen molar-refractivity contribution in [3.63, 3.8) is 0 Å². The van der Waals surface area contributed by atoms with Gasteiger partial charge in [-0.05, 0) is 49.6 Å². The summed E-state index contributed by atoms with van der Waals surface area (Å²) in [5.41, 5.74) is 2.21. The lowest BCUT2D eigenvalue weighted by atomic mass is 10.0. The largest absolute Gasteiger partial charge is 0.454 e. The third-order valence-corrected chi connectivity index (χ3v) is 6.07. The Morgan fingerprint density at radius 1 is 0.944 bits per heavy atom. The van der Waals surface area contributed by atoms with E-state index in [1.54, 1.807) is 18.2 Å². The second kappa shape index (κ2) is 11.7. The summed E-state index contributed by atoms with van der Waals surface area (Å²) in [5, 5.41) is 2.94. The van der Waals surface area contributed by atoms with Gasteiger partial charge in [0.25, 0.3) is 0 Å². The van der Waals surface area contributed by atoms with Crippen LogP contribution in [0.4, 0.5) is 4.39 Å². The fourth-order valence-corrected chi connectivity index (χ4v) is 4.24. The first kappa shape index (κ1) is 25.2. The standard InChI is InChI=1S/C29H31FN2O4/c1-20(2)31-29(34)25(16-21-8-4-3-5-9-21)32(18-23-10-6-7-11-24(23)30)28(33)15-13-22-12-14-26-27(17-22)36-19-35-26/h3-12,14,17,20,25H,13,15-16,18-19H2,1-2H3,(H,31,34)/t25-/m0/s1. The van der Waals surface area contributed by atoms with Gasteiger partial charge in [-0.25, -0.2) is 4.39 Å². The summed E-state index contributed by atoms with van der Waals surface area (Å²) in [6, 6.07) is 20.6. The molecule has 0 aromatic heterocycles. The van der Waals surface area contributed by atoms with Crippen LogP contribution in [0.5, 0.6) is 11.5 Å². The lowest BCUT2D eigenvalue weighted by Gasteiger charge is -2.32. The van der Waals surface area contributed by atoms with Crippen LogP contribution in [0.2, 0.25) is 0 Å². The van der Waals surface area contributed by atoms with Crippen LogP contribution in [-0.2, 0) is 29.0 Å². The molecule has 7 heteroatoms. The molecule has 0 spiro atoms. The van der Waals surface area contributed by atoms with Crippen LogP contribution >= 0.6 is 0 Å². The lowest BCUT2D eigenvalue weighted by molar-refractivity contribution is -0.141. The van der Waals surface area contributed by atoms with E-state index in [9.17, 15) is 14.0 Å². The average Bonchev–Trinajstić information content (AvgIpc) is 3.34. The van der Waals surface area contributed by atoms with Crippen molar-refractivity contribution in [2.24, 2.45) is 0 Å². The van der Waals surface area contributed by atoms with E-state index < -0.39 is 11.9 Å². The molecule has 2 amide bonds. The van der Waals surface area contributed by atoms with Gasteiger partial charge in [0.1, 0.15) is 11.9 Å². The smallest absolute Gasteiger partial charge is 0.243 e. The summed E-state index contributed by atoms with van der Waals surface area (Å²) < 4.78 is 25.4. The molecule has 0 bridgehead atoms. The zero-order valence-corrected chi connectivity index (χ0v) is 20.6. The number of nitrogens with one attached hydrogen (secondary N) is 1. The molecule has 1 heterocycles. The summed E-state index contributed by atoms with van der Waals surface area (Å²) in [4.78, 5) is 28.5. The summed E-state index contributed by atoms with van der Waals surface area (Å²) in [7, 11) is 0. The van der Waals surface area contributed by atoms with Crippen LogP contribution in [0.25, 0.3) is 0 Å².